The Labute approximate surface area is 140 Å². The van der Waals surface area contributed by atoms with E-state index in [2.05, 4.69) is 21.9 Å². The number of anilines is 1. The minimum absolute atomic E-state index is 0.0118. The first-order valence-corrected chi connectivity index (χ1v) is 8.75. The lowest BCUT2D eigenvalue weighted by Gasteiger charge is -2.36. The molecule has 0 radical (unpaired) electrons. The van der Waals surface area contributed by atoms with Crippen LogP contribution in [0, 0.1) is 0 Å². The average Bonchev–Trinajstić information content (AvgIpc) is 3.18. The number of hydrogen-bond acceptors (Lipinski definition) is 4. The quantitative estimate of drug-likeness (QED) is 0.934. The molecular formula is C16H22N4O2S. The van der Waals surface area contributed by atoms with E-state index in [1.54, 1.807) is 17.5 Å². The third-order valence-electron chi connectivity index (χ3n) is 3.84. The molecule has 2 atom stereocenters. The van der Waals surface area contributed by atoms with Crippen LogP contribution in [-0.4, -0.2) is 39.9 Å². The van der Waals surface area contributed by atoms with Crippen LogP contribution in [0.3, 0.4) is 0 Å². The van der Waals surface area contributed by atoms with Crippen molar-refractivity contribution < 1.29 is 9.53 Å². The molecule has 7 heteroatoms. The first-order valence-electron chi connectivity index (χ1n) is 7.80. The number of thiophene rings is 1. The second-order valence-corrected chi connectivity index (χ2v) is 6.91. The number of urea groups is 1. The maximum Gasteiger partial charge on any atom is 0.322 e. The van der Waals surface area contributed by atoms with Gasteiger partial charge in [0.2, 0.25) is 0 Å². The minimum atomic E-state index is -0.108. The molecule has 1 N–H and O–H groups in total. The Morgan fingerprint density at radius 2 is 2.30 bits per heavy atom. The number of carbonyl (C=O) groups excluding carboxylic acids is 1. The standard InChI is InChI=1S/C16H22N4O2S/c1-11(2)20-8-14(6-17-20)18-16(21)19-7-12(3)22-15(9-19)13-4-5-23-10-13/h4-6,8,10-12,15H,7,9H2,1-3H3,(H,18,21)/t12-,15-/m0/s1. The summed E-state index contributed by atoms with van der Waals surface area (Å²) in [6, 6.07) is 2.21. The van der Waals surface area contributed by atoms with E-state index < -0.39 is 0 Å². The van der Waals surface area contributed by atoms with Gasteiger partial charge in [0.25, 0.3) is 0 Å². The number of aromatic nitrogens is 2. The molecule has 0 bridgehead atoms. The van der Waals surface area contributed by atoms with Crippen molar-refractivity contribution >= 4 is 23.1 Å². The van der Waals surface area contributed by atoms with Gasteiger partial charge in [0.15, 0.2) is 0 Å². The summed E-state index contributed by atoms with van der Waals surface area (Å²) in [5.41, 5.74) is 1.85. The smallest absolute Gasteiger partial charge is 0.322 e. The largest absolute Gasteiger partial charge is 0.367 e. The van der Waals surface area contributed by atoms with E-state index in [0.29, 0.717) is 13.1 Å². The van der Waals surface area contributed by atoms with Gasteiger partial charge in [-0.15, -0.1) is 0 Å². The van der Waals surface area contributed by atoms with Crippen molar-refractivity contribution in [2.24, 2.45) is 0 Å². The molecule has 6 nitrogen and oxygen atoms in total. The van der Waals surface area contributed by atoms with Crippen molar-refractivity contribution in [3.63, 3.8) is 0 Å². The van der Waals surface area contributed by atoms with E-state index >= 15 is 0 Å². The van der Waals surface area contributed by atoms with Gasteiger partial charge in [-0.05, 0) is 43.2 Å². The Balaban J connectivity index is 1.66. The Bertz CT molecular complexity index is 653. The number of carbonyl (C=O) groups is 1. The average molecular weight is 334 g/mol. The summed E-state index contributed by atoms with van der Waals surface area (Å²) >= 11 is 1.64. The van der Waals surface area contributed by atoms with Crippen LogP contribution in [-0.2, 0) is 4.74 Å². The highest BCUT2D eigenvalue weighted by atomic mass is 32.1. The fraction of sp³-hybridized carbons (Fsp3) is 0.500. The lowest BCUT2D eigenvalue weighted by molar-refractivity contribution is -0.0640. The van der Waals surface area contributed by atoms with Crippen LogP contribution in [0.2, 0.25) is 0 Å². The molecule has 2 amide bonds. The van der Waals surface area contributed by atoms with E-state index in [4.69, 9.17) is 4.74 Å². The number of ether oxygens (including phenoxy) is 1. The summed E-state index contributed by atoms with van der Waals surface area (Å²) in [6.07, 6.45) is 3.48. The summed E-state index contributed by atoms with van der Waals surface area (Å²) in [5, 5.41) is 11.3. The van der Waals surface area contributed by atoms with E-state index in [-0.39, 0.29) is 24.3 Å². The molecule has 23 heavy (non-hydrogen) atoms. The predicted molar refractivity (Wildman–Crippen MR) is 90.8 cm³/mol. The fourth-order valence-corrected chi connectivity index (χ4v) is 3.35. The lowest BCUT2D eigenvalue weighted by atomic mass is 10.1. The molecule has 3 rings (SSSR count). The number of hydrogen-bond donors (Lipinski definition) is 1. The van der Waals surface area contributed by atoms with Crippen LogP contribution in [0.15, 0.2) is 29.2 Å². The molecule has 1 aliphatic rings. The second-order valence-electron chi connectivity index (χ2n) is 6.13. The van der Waals surface area contributed by atoms with Gasteiger partial charge >= 0.3 is 6.03 Å². The van der Waals surface area contributed by atoms with Gasteiger partial charge in [-0.25, -0.2) is 4.79 Å². The number of nitrogens with zero attached hydrogens (tertiary/aromatic N) is 3. The summed E-state index contributed by atoms with van der Waals surface area (Å²) in [6.45, 7) is 7.24. The molecule has 1 saturated heterocycles. The Morgan fingerprint density at radius 3 is 2.96 bits per heavy atom. The van der Waals surface area contributed by atoms with Gasteiger partial charge in [0.1, 0.15) is 6.10 Å². The lowest BCUT2D eigenvalue weighted by Crippen LogP contribution is -2.47. The second kappa shape index (κ2) is 6.72. The SMILES string of the molecule is CC(C)n1cc(NC(=O)N2C[C@@H](c3ccsc3)O[C@@H](C)C2)cn1. The summed E-state index contributed by atoms with van der Waals surface area (Å²) < 4.78 is 7.79. The minimum Gasteiger partial charge on any atom is -0.367 e. The van der Waals surface area contributed by atoms with Crippen LogP contribution >= 0.6 is 11.3 Å². The van der Waals surface area contributed by atoms with Crippen LogP contribution in [0.1, 0.15) is 38.5 Å². The first kappa shape index (κ1) is 16.0. The van der Waals surface area contributed by atoms with E-state index in [1.165, 1.54) is 0 Å². The molecule has 1 fully saturated rings. The van der Waals surface area contributed by atoms with Crippen molar-refractivity contribution in [3.05, 3.63) is 34.8 Å². The normalized spacial score (nSPS) is 21.7. The zero-order valence-electron chi connectivity index (χ0n) is 13.6. The van der Waals surface area contributed by atoms with Crippen molar-refractivity contribution in [2.75, 3.05) is 18.4 Å². The number of rotatable bonds is 3. The van der Waals surface area contributed by atoms with Crippen molar-refractivity contribution in [3.8, 4) is 0 Å². The molecule has 124 valence electrons. The topological polar surface area (TPSA) is 59.4 Å². The summed E-state index contributed by atoms with van der Waals surface area (Å²) in [5.74, 6) is 0. The highest BCUT2D eigenvalue weighted by Crippen LogP contribution is 2.27. The molecule has 0 unspecified atom stereocenters. The monoisotopic (exact) mass is 334 g/mol. The Kier molecular flexibility index (Phi) is 4.68. The van der Waals surface area contributed by atoms with Gasteiger partial charge in [-0.3, -0.25) is 4.68 Å². The summed E-state index contributed by atoms with van der Waals surface area (Å²) in [4.78, 5) is 14.3. The number of amides is 2. The maximum absolute atomic E-state index is 12.5. The molecule has 0 spiro atoms. The first-order chi connectivity index (χ1) is 11.0. The van der Waals surface area contributed by atoms with Crippen LogP contribution in [0.5, 0.6) is 0 Å². The highest BCUT2D eigenvalue weighted by molar-refractivity contribution is 7.07. The van der Waals surface area contributed by atoms with E-state index in [9.17, 15) is 4.79 Å². The fourth-order valence-electron chi connectivity index (χ4n) is 2.65. The maximum atomic E-state index is 12.5. The van der Waals surface area contributed by atoms with Gasteiger partial charge in [-0.2, -0.15) is 16.4 Å². The van der Waals surface area contributed by atoms with Gasteiger partial charge in [-0.1, -0.05) is 0 Å². The molecule has 0 aliphatic carbocycles. The van der Waals surface area contributed by atoms with E-state index in [1.807, 2.05) is 41.9 Å². The Hall–Kier alpha value is -1.86. The van der Waals surface area contributed by atoms with Crippen molar-refractivity contribution in [1.29, 1.82) is 0 Å². The molecular weight excluding hydrogens is 312 g/mol. The van der Waals surface area contributed by atoms with Gasteiger partial charge < -0.3 is 15.0 Å². The van der Waals surface area contributed by atoms with Crippen molar-refractivity contribution in [2.45, 2.75) is 39.0 Å². The van der Waals surface area contributed by atoms with Gasteiger partial charge in [0, 0.05) is 18.8 Å². The molecule has 0 aromatic carbocycles. The van der Waals surface area contributed by atoms with Crippen LogP contribution < -0.4 is 5.32 Å². The number of morpholine rings is 1. The van der Waals surface area contributed by atoms with Gasteiger partial charge in [0.05, 0.1) is 24.5 Å². The van der Waals surface area contributed by atoms with E-state index in [0.717, 1.165) is 11.3 Å². The number of nitrogens with one attached hydrogen (secondary N) is 1. The molecule has 2 aromatic rings. The van der Waals surface area contributed by atoms with Crippen LogP contribution in [0.25, 0.3) is 0 Å². The zero-order valence-corrected chi connectivity index (χ0v) is 14.4. The Morgan fingerprint density at radius 1 is 1.48 bits per heavy atom. The van der Waals surface area contributed by atoms with Crippen molar-refractivity contribution in [1.82, 2.24) is 14.7 Å². The third-order valence-corrected chi connectivity index (χ3v) is 4.55. The molecule has 2 aromatic heterocycles. The zero-order chi connectivity index (χ0) is 16.4. The summed E-state index contributed by atoms with van der Waals surface area (Å²) in [7, 11) is 0. The predicted octanol–water partition coefficient (Wildman–Crippen LogP) is 3.52. The molecule has 1 aliphatic heterocycles. The highest BCUT2D eigenvalue weighted by Gasteiger charge is 2.29. The third kappa shape index (κ3) is 3.73. The van der Waals surface area contributed by atoms with Crippen LogP contribution in [0.4, 0.5) is 10.5 Å². The molecule has 3 heterocycles. The molecule has 0 saturated carbocycles.